The summed E-state index contributed by atoms with van der Waals surface area (Å²) in [5.41, 5.74) is 5.48. The molecule has 0 fully saturated rings. The van der Waals surface area contributed by atoms with Gasteiger partial charge in [0.1, 0.15) is 39.6 Å². The van der Waals surface area contributed by atoms with Gasteiger partial charge in [0, 0.05) is 17.5 Å². The van der Waals surface area contributed by atoms with Gasteiger partial charge in [-0.15, -0.1) is 0 Å². The Hall–Kier alpha value is -8.50. The van der Waals surface area contributed by atoms with E-state index in [9.17, 15) is 9.59 Å². The molecule has 0 bridgehead atoms. The van der Waals surface area contributed by atoms with Crippen LogP contribution in [0.1, 0.15) is 60.5 Å². The lowest BCUT2D eigenvalue weighted by Gasteiger charge is -2.26. The molecule has 0 aliphatic carbocycles. The second kappa shape index (κ2) is 22.8. The van der Waals surface area contributed by atoms with Crippen LogP contribution in [0.25, 0.3) is 11.1 Å². The van der Waals surface area contributed by atoms with Crippen LogP contribution in [0.15, 0.2) is 194 Å². The van der Waals surface area contributed by atoms with E-state index in [0.717, 1.165) is 33.4 Å². The SMILES string of the molecule is O=C1OCCCOC(=O)c2cc(OCc3ccccc3)c(OCc3ccccc3)c(OCc3ccccc3)c2-c2c1cc(OCc1ccccc1)c(OCc1ccccc1)c2OCc1ccccc1. The fourth-order valence-corrected chi connectivity index (χ4v) is 7.75. The minimum atomic E-state index is -0.695. The van der Waals surface area contributed by atoms with E-state index in [2.05, 4.69) is 0 Å². The lowest BCUT2D eigenvalue weighted by molar-refractivity contribution is 0.0398. The lowest BCUT2D eigenvalue weighted by Crippen LogP contribution is -2.14. The molecule has 10 nitrogen and oxygen atoms in total. The first-order chi connectivity index (χ1) is 34.1. The number of esters is 2. The molecule has 0 radical (unpaired) electrons. The number of carbonyl (C=O) groups is 2. The predicted octanol–water partition coefficient (Wildman–Crippen LogP) is 12.5. The first kappa shape index (κ1) is 45.6. The average molecular weight is 919 g/mol. The largest absolute Gasteiger partial charge is 0.485 e. The fraction of sp³-hybridized carbons (Fsp3) is 0.153. The topological polar surface area (TPSA) is 108 Å². The number of carbonyl (C=O) groups excluding carboxylic acids is 2. The fourth-order valence-electron chi connectivity index (χ4n) is 7.75. The molecular formula is C59H50O10. The molecule has 0 unspecified atom stereocenters. The molecule has 0 saturated heterocycles. The summed E-state index contributed by atoms with van der Waals surface area (Å²) < 4.78 is 52.9. The summed E-state index contributed by atoms with van der Waals surface area (Å²) in [6, 6.07) is 61.1. The van der Waals surface area contributed by atoms with E-state index in [-0.39, 0.29) is 116 Å². The second-order valence-electron chi connectivity index (χ2n) is 16.2. The second-order valence-corrected chi connectivity index (χ2v) is 16.2. The molecule has 10 heteroatoms. The summed E-state index contributed by atoms with van der Waals surface area (Å²) in [4.78, 5) is 29.8. The molecule has 0 saturated carbocycles. The van der Waals surface area contributed by atoms with Crippen LogP contribution in [0.2, 0.25) is 0 Å². The van der Waals surface area contributed by atoms with Crippen molar-refractivity contribution in [2.75, 3.05) is 13.2 Å². The molecule has 0 amide bonds. The molecule has 1 aliphatic heterocycles. The molecule has 9 rings (SSSR count). The summed E-state index contributed by atoms with van der Waals surface area (Å²) in [6.07, 6.45) is 0.238. The Balaban J connectivity index is 1.34. The van der Waals surface area contributed by atoms with E-state index in [1.165, 1.54) is 0 Å². The third-order valence-corrected chi connectivity index (χ3v) is 11.2. The maximum atomic E-state index is 14.9. The van der Waals surface area contributed by atoms with Crippen molar-refractivity contribution >= 4 is 11.9 Å². The van der Waals surface area contributed by atoms with Gasteiger partial charge in [-0.1, -0.05) is 182 Å². The van der Waals surface area contributed by atoms with Gasteiger partial charge in [0.25, 0.3) is 0 Å². The van der Waals surface area contributed by atoms with Crippen molar-refractivity contribution in [2.45, 2.75) is 46.1 Å². The van der Waals surface area contributed by atoms with Crippen LogP contribution >= 0.6 is 0 Å². The first-order valence-electron chi connectivity index (χ1n) is 22.8. The van der Waals surface area contributed by atoms with Gasteiger partial charge in [-0.3, -0.25) is 0 Å². The molecule has 1 heterocycles. The van der Waals surface area contributed by atoms with Crippen LogP contribution in [0.5, 0.6) is 34.5 Å². The van der Waals surface area contributed by atoms with Crippen molar-refractivity contribution in [2.24, 2.45) is 0 Å². The summed E-state index contributed by atoms with van der Waals surface area (Å²) in [7, 11) is 0. The van der Waals surface area contributed by atoms with Gasteiger partial charge in [-0.2, -0.15) is 0 Å². The number of cyclic esters (lactones) is 2. The van der Waals surface area contributed by atoms with E-state index in [1.54, 1.807) is 12.1 Å². The Labute approximate surface area is 401 Å². The Kier molecular flexibility index (Phi) is 15.1. The van der Waals surface area contributed by atoms with Crippen LogP contribution in [0.4, 0.5) is 0 Å². The van der Waals surface area contributed by atoms with Crippen LogP contribution in [0.3, 0.4) is 0 Å². The van der Waals surface area contributed by atoms with Crippen molar-refractivity contribution in [3.05, 3.63) is 239 Å². The van der Waals surface area contributed by atoms with Crippen molar-refractivity contribution < 1.29 is 47.5 Å². The zero-order valence-corrected chi connectivity index (χ0v) is 37.9. The molecule has 0 N–H and O–H groups in total. The quantitative estimate of drug-likeness (QED) is 0.0772. The number of rotatable bonds is 18. The van der Waals surface area contributed by atoms with Crippen molar-refractivity contribution in [1.82, 2.24) is 0 Å². The zero-order valence-electron chi connectivity index (χ0n) is 37.9. The highest BCUT2D eigenvalue weighted by Crippen LogP contribution is 2.56. The Bertz CT molecular complexity index is 2730. The predicted molar refractivity (Wildman–Crippen MR) is 262 cm³/mol. The Morgan fingerprint density at radius 3 is 0.841 bits per heavy atom. The molecule has 346 valence electrons. The van der Waals surface area contributed by atoms with Crippen LogP contribution in [0, 0.1) is 0 Å². The summed E-state index contributed by atoms with van der Waals surface area (Å²) in [5, 5.41) is 0. The van der Waals surface area contributed by atoms with E-state index in [4.69, 9.17) is 37.9 Å². The minimum Gasteiger partial charge on any atom is -0.485 e. The highest BCUT2D eigenvalue weighted by atomic mass is 16.6. The lowest BCUT2D eigenvalue weighted by atomic mass is 9.91. The smallest absolute Gasteiger partial charge is 0.339 e. The van der Waals surface area contributed by atoms with Gasteiger partial charge < -0.3 is 37.9 Å². The van der Waals surface area contributed by atoms with Gasteiger partial charge in [0.05, 0.1) is 24.3 Å². The maximum Gasteiger partial charge on any atom is 0.339 e. The number of hydrogen-bond acceptors (Lipinski definition) is 10. The average Bonchev–Trinajstić information content (AvgIpc) is 3.42. The van der Waals surface area contributed by atoms with Crippen LogP contribution < -0.4 is 28.4 Å². The van der Waals surface area contributed by atoms with Crippen molar-refractivity contribution in [3.8, 4) is 45.6 Å². The zero-order chi connectivity index (χ0) is 47.0. The molecule has 1 aliphatic rings. The van der Waals surface area contributed by atoms with Gasteiger partial charge >= 0.3 is 11.9 Å². The maximum absolute atomic E-state index is 14.9. The van der Waals surface area contributed by atoms with Crippen molar-refractivity contribution in [1.29, 1.82) is 0 Å². The Morgan fingerprint density at radius 1 is 0.319 bits per heavy atom. The molecule has 0 spiro atoms. The molecule has 0 aromatic heterocycles. The van der Waals surface area contributed by atoms with Gasteiger partial charge in [0.15, 0.2) is 23.0 Å². The number of fused-ring (bicyclic) bond motifs is 3. The van der Waals surface area contributed by atoms with Gasteiger partial charge in [0.2, 0.25) is 11.5 Å². The monoisotopic (exact) mass is 918 g/mol. The normalized spacial score (nSPS) is 12.2. The van der Waals surface area contributed by atoms with Crippen LogP contribution in [-0.4, -0.2) is 25.2 Å². The van der Waals surface area contributed by atoms with Gasteiger partial charge in [-0.25, -0.2) is 9.59 Å². The van der Waals surface area contributed by atoms with Gasteiger partial charge in [-0.05, 0) is 45.5 Å². The molecule has 8 aromatic rings. The highest BCUT2D eigenvalue weighted by molar-refractivity contribution is 6.08. The Morgan fingerprint density at radius 2 is 0.565 bits per heavy atom. The molecule has 69 heavy (non-hydrogen) atoms. The number of hydrogen-bond donors (Lipinski definition) is 0. The van der Waals surface area contributed by atoms with E-state index < -0.39 is 11.9 Å². The number of benzene rings is 8. The van der Waals surface area contributed by atoms with E-state index in [0.29, 0.717) is 0 Å². The van der Waals surface area contributed by atoms with E-state index in [1.807, 2.05) is 182 Å². The third-order valence-electron chi connectivity index (χ3n) is 11.2. The molecular weight excluding hydrogens is 869 g/mol. The molecule has 8 aromatic carbocycles. The first-order valence-corrected chi connectivity index (χ1v) is 22.8. The summed E-state index contributed by atoms with van der Waals surface area (Å²) >= 11 is 0. The third kappa shape index (κ3) is 11.7. The van der Waals surface area contributed by atoms with Crippen LogP contribution in [-0.2, 0) is 49.1 Å². The standard InChI is InChI=1S/C59H50O10/c60-58-48-34-50(64-36-42-20-7-1-8-21-42)54(66-38-44-24-11-3-12-25-44)56(68-40-46-28-15-5-16-29-46)52(48)53-49(59(61)63-33-19-32-62-58)35-51(65-37-43-22-9-2-10-23-43)55(67-39-45-26-13-4-14-27-45)57(53)69-41-47-30-17-6-18-31-47/h1-18,20-31,34-35H,19,32-33,36-41H2. The van der Waals surface area contributed by atoms with E-state index >= 15 is 0 Å². The molecule has 0 atom stereocenters. The number of ether oxygens (including phenoxy) is 8. The highest BCUT2D eigenvalue weighted by Gasteiger charge is 2.36. The van der Waals surface area contributed by atoms with Crippen molar-refractivity contribution in [3.63, 3.8) is 0 Å². The minimum absolute atomic E-state index is 0.0284. The summed E-state index contributed by atoms with van der Waals surface area (Å²) in [5.74, 6) is -0.425. The summed E-state index contributed by atoms with van der Waals surface area (Å²) in [6.45, 7) is 0.426.